The van der Waals surface area contributed by atoms with E-state index >= 15 is 0 Å². The maximum atomic E-state index is 13.2. The van der Waals surface area contributed by atoms with Gasteiger partial charge in [0, 0.05) is 23.1 Å². The van der Waals surface area contributed by atoms with Gasteiger partial charge in [0.1, 0.15) is 0 Å². The predicted octanol–water partition coefficient (Wildman–Crippen LogP) is 3.07. The van der Waals surface area contributed by atoms with E-state index in [2.05, 4.69) is 0 Å². The predicted molar refractivity (Wildman–Crippen MR) is 62.1 cm³/mol. The first kappa shape index (κ1) is 12.3. The minimum atomic E-state index is -1.04. The SMILES string of the molecule is Cc1cc(C(=O)O)c(C)n1-c1ccc(F)c(F)c1. The fraction of sp³-hybridized carbons (Fsp3) is 0.154. The molecule has 1 N–H and O–H groups in total. The molecule has 3 nitrogen and oxygen atoms in total. The van der Waals surface area contributed by atoms with Crippen LogP contribution in [-0.2, 0) is 0 Å². The number of aromatic carboxylic acids is 1. The topological polar surface area (TPSA) is 42.2 Å². The van der Waals surface area contributed by atoms with Crippen LogP contribution in [0.15, 0.2) is 24.3 Å². The summed E-state index contributed by atoms with van der Waals surface area (Å²) in [7, 11) is 0. The minimum absolute atomic E-state index is 0.150. The Kier molecular flexibility index (Phi) is 2.90. The van der Waals surface area contributed by atoms with Gasteiger partial charge in [0.2, 0.25) is 0 Å². The molecule has 0 atom stereocenters. The molecule has 0 amide bonds. The Morgan fingerprint density at radius 2 is 1.83 bits per heavy atom. The largest absolute Gasteiger partial charge is 0.478 e. The van der Waals surface area contributed by atoms with Gasteiger partial charge in [-0.25, -0.2) is 13.6 Å². The molecule has 0 fully saturated rings. The van der Waals surface area contributed by atoms with Crippen LogP contribution in [0.3, 0.4) is 0 Å². The molecule has 94 valence electrons. The highest BCUT2D eigenvalue weighted by Crippen LogP contribution is 2.22. The first-order valence-electron chi connectivity index (χ1n) is 5.29. The van der Waals surface area contributed by atoms with Gasteiger partial charge >= 0.3 is 5.97 Å². The summed E-state index contributed by atoms with van der Waals surface area (Å²) in [6, 6.07) is 4.97. The van der Waals surface area contributed by atoms with Gasteiger partial charge in [0.15, 0.2) is 11.6 Å². The standard InChI is InChI=1S/C13H11F2NO2/c1-7-5-10(13(17)18)8(2)16(7)9-3-4-11(14)12(15)6-9/h3-6H,1-2H3,(H,17,18). The molecular weight excluding hydrogens is 240 g/mol. The lowest BCUT2D eigenvalue weighted by molar-refractivity contribution is 0.0696. The Bertz CT molecular complexity index is 632. The molecule has 1 aromatic heterocycles. The van der Waals surface area contributed by atoms with Gasteiger partial charge < -0.3 is 9.67 Å². The number of benzene rings is 1. The monoisotopic (exact) mass is 251 g/mol. The van der Waals surface area contributed by atoms with E-state index in [1.54, 1.807) is 18.4 Å². The average molecular weight is 251 g/mol. The number of halogens is 2. The van der Waals surface area contributed by atoms with Crippen molar-refractivity contribution in [3.8, 4) is 5.69 Å². The van der Waals surface area contributed by atoms with Gasteiger partial charge in [-0.05, 0) is 32.0 Å². The summed E-state index contributed by atoms with van der Waals surface area (Å²) in [6.07, 6.45) is 0. The molecule has 5 heteroatoms. The summed E-state index contributed by atoms with van der Waals surface area (Å²) in [4.78, 5) is 11.0. The molecular formula is C13H11F2NO2. The van der Waals surface area contributed by atoms with Crippen LogP contribution in [0, 0.1) is 25.5 Å². The Morgan fingerprint density at radius 1 is 1.17 bits per heavy atom. The molecule has 2 aromatic rings. The highest BCUT2D eigenvalue weighted by atomic mass is 19.2. The zero-order valence-electron chi connectivity index (χ0n) is 9.87. The third-order valence-electron chi connectivity index (χ3n) is 2.82. The molecule has 2 rings (SSSR count). The molecule has 0 aliphatic carbocycles. The van der Waals surface area contributed by atoms with Crippen LogP contribution in [0.1, 0.15) is 21.7 Å². The number of aromatic nitrogens is 1. The Morgan fingerprint density at radius 3 is 2.33 bits per heavy atom. The molecule has 0 unspecified atom stereocenters. The molecule has 0 radical (unpaired) electrons. The van der Waals surface area contributed by atoms with Crippen molar-refractivity contribution in [3.05, 3.63) is 52.9 Å². The van der Waals surface area contributed by atoms with Crippen molar-refractivity contribution < 1.29 is 18.7 Å². The second kappa shape index (κ2) is 4.25. The molecule has 0 spiro atoms. The van der Waals surface area contributed by atoms with Crippen molar-refractivity contribution in [2.75, 3.05) is 0 Å². The van der Waals surface area contributed by atoms with Gasteiger partial charge in [-0.2, -0.15) is 0 Å². The molecule has 0 saturated heterocycles. The van der Waals surface area contributed by atoms with Crippen LogP contribution in [0.2, 0.25) is 0 Å². The van der Waals surface area contributed by atoms with Gasteiger partial charge in [-0.1, -0.05) is 0 Å². The van der Waals surface area contributed by atoms with Crippen molar-refractivity contribution in [1.29, 1.82) is 0 Å². The minimum Gasteiger partial charge on any atom is -0.478 e. The van der Waals surface area contributed by atoms with Crippen LogP contribution in [0.25, 0.3) is 5.69 Å². The fourth-order valence-electron chi connectivity index (χ4n) is 2.00. The summed E-state index contributed by atoms with van der Waals surface area (Å²) < 4.78 is 27.6. The van der Waals surface area contributed by atoms with E-state index in [4.69, 9.17) is 5.11 Å². The lowest BCUT2D eigenvalue weighted by Gasteiger charge is -2.09. The number of carboxylic acids is 1. The molecule has 1 aromatic carbocycles. The fourth-order valence-corrected chi connectivity index (χ4v) is 2.00. The molecule has 0 aliphatic heterocycles. The number of hydrogen-bond donors (Lipinski definition) is 1. The number of rotatable bonds is 2. The van der Waals surface area contributed by atoms with Crippen molar-refractivity contribution in [2.24, 2.45) is 0 Å². The van der Waals surface area contributed by atoms with E-state index in [9.17, 15) is 13.6 Å². The van der Waals surface area contributed by atoms with E-state index in [1.165, 1.54) is 12.1 Å². The summed E-state index contributed by atoms with van der Waals surface area (Å²) >= 11 is 0. The zero-order valence-corrected chi connectivity index (χ0v) is 9.87. The normalized spacial score (nSPS) is 10.7. The van der Waals surface area contributed by atoms with Gasteiger partial charge in [0.05, 0.1) is 5.56 Å². The summed E-state index contributed by atoms with van der Waals surface area (Å²) in [5.74, 6) is -2.94. The van der Waals surface area contributed by atoms with E-state index < -0.39 is 17.6 Å². The van der Waals surface area contributed by atoms with Crippen molar-refractivity contribution in [2.45, 2.75) is 13.8 Å². The maximum absolute atomic E-state index is 13.2. The molecule has 0 aliphatic rings. The number of carboxylic acid groups (broad SMARTS) is 1. The molecule has 0 bridgehead atoms. The van der Waals surface area contributed by atoms with Crippen molar-refractivity contribution in [3.63, 3.8) is 0 Å². The van der Waals surface area contributed by atoms with Crippen LogP contribution >= 0.6 is 0 Å². The molecule has 0 saturated carbocycles. The average Bonchev–Trinajstić information content (AvgIpc) is 2.59. The Hall–Kier alpha value is -2.17. The smallest absolute Gasteiger partial charge is 0.337 e. The number of aryl methyl sites for hydroxylation is 1. The lowest BCUT2D eigenvalue weighted by Crippen LogP contribution is -2.03. The summed E-state index contributed by atoms with van der Waals surface area (Å²) in [6.45, 7) is 3.33. The Balaban J connectivity index is 2.64. The Labute approximate surface area is 102 Å². The number of carbonyl (C=O) groups is 1. The van der Waals surface area contributed by atoms with Crippen molar-refractivity contribution in [1.82, 2.24) is 4.57 Å². The van der Waals surface area contributed by atoms with Crippen LogP contribution in [-0.4, -0.2) is 15.6 Å². The first-order chi connectivity index (χ1) is 8.41. The highest BCUT2D eigenvalue weighted by molar-refractivity contribution is 5.89. The summed E-state index contributed by atoms with van der Waals surface area (Å²) in [5.41, 5.74) is 1.68. The third kappa shape index (κ3) is 1.88. The van der Waals surface area contributed by atoms with Gasteiger partial charge in [-0.15, -0.1) is 0 Å². The van der Waals surface area contributed by atoms with Crippen molar-refractivity contribution >= 4 is 5.97 Å². The van der Waals surface area contributed by atoms with E-state index in [-0.39, 0.29) is 5.56 Å². The van der Waals surface area contributed by atoms with E-state index in [0.29, 0.717) is 17.1 Å². The zero-order chi connectivity index (χ0) is 13.4. The quantitative estimate of drug-likeness (QED) is 0.891. The second-order valence-corrected chi connectivity index (χ2v) is 4.02. The highest BCUT2D eigenvalue weighted by Gasteiger charge is 2.16. The maximum Gasteiger partial charge on any atom is 0.337 e. The van der Waals surface area contributed by atoms with E-state index in [0.717, 1.165) is 12.1 Å². The van der Waals surface area contributed by atoms with Gasteiger partial charge in [-0.3, -0.25) is 0 Å². The number of nitrogens with zero attached hydrogens (tertiary/aromatic N) is 1. The van der Waals surface area contributed by atoms with Crippen LogP contribution in [0.4, 0.5) is 8.78 Å². The molecule has 1 heterocycles. The van der Waals surface area contributed by atoms with Crippen LogP contribution < -0.4 is 0 Å². The summed E-state index contributed by atoms with van der Waals surface area (Å²) in [5, 5.41) is 9.00. The first-order valence-corrected chi connectivity index (χ1v) is 5.29. The second-order valence-electron chi connectivity index (χ2n) is 4.02. The number of hydrogen-bond acceptors (Lipinski definition) is 1. The van der Waals surface area contributed by atoms with E-state index in [1.807, 2.05) is 0 Å². The lowest BCUT2D eigenvalue weighted by atomic mass is 10.2. The third-order valence-corrected chi connectivity index (χ3v) is 2.82. The molecule has 18 heavy (non-hydrogen) atoms. The van der Waals surface area contributed by atoms with Gasteiger partial charge in [0.25, 0.3) is 0 Å². The van der Waals surface area contributed by atoms with Crippen LogP contribution in [0.5, 0.6) is 0 Å².